The number of amides is 3. The van der Waals surface area contributed by atoms with Crippen LogP contribution in [0.1, 0.15) is 24.0 Å². The number of carbonyl (C=O) groups is 3. The fourth-order valence-corrected chi connectivity index (χ4v) is 5.66. The Hall–Kier alpha value is -3.81. The number of benzene rings is 2. The molecule has 1 saturated carbocycles. The number of non-ortho nitro benzene ring substituents is 1. The van der Waals surface area contributed by atoms with Gasteiger partial charge >= 0.3 is 0 Å². The quantitative estimate of drug-likeness (QED) is 0.307. The van der Waals surface area contributed by atoms with Crippen LogP contribution in [-0.4, -0.2) is 33.6 Å². The number of allylic oxidation sites excluding steroid dienone is 2. The number of hydrogen-bond acceptors (Lipinski definition) is 5. The highest BCUT2D eigenvalue weighted by molar-refractivity contribution is 6.10. The maximum absolute atomic E-state index is 13.5. The number of fused-ring (bicyclic) bond motifs is 1. The molecule has 3 amide bonds. The largest absolute Gasteiger partial charge is 0.324 e. The number of nitro groups is 1. The van der Waals surface area contributed by atoms with Crippen LogP contribution in [0.2, 0.25) is 0 Å². The zero-order valence-corrected chi connectivity index (χ0v) is 18.7. The number of nitro benzene ring substituents is 1. The minimum Gasteiger partial charge on any atom is -0.324 e. The summed E-state index contributed by atoms with van der Waals surface area (Å²) in [4.78, 5) is 52.4. The monoisotopic (exact) mass is 459 g/mol. The van der Waals surface area contributed by atoms with Crippen molar-refractivity contribution in [2.75, 3.05) is 5.32 Å². The van der Waals surface area contributed by atoms with Gasteiger partial charge in [-0.1, -0.05) is 42.5 Å². The van der Waals surface area contributed by atoms with Crippen LogP contribution in [0.15, 0.2) is 60.7 Å². The first-order chi connectivity index (χ1) is 16.3. The highest BCUT2D eigenvalue weighted by Crippen LogP contribution is 2.50. The van der Waals surface area contributed by atoms with Gasteiger partial charge < -0.3 is 5.32 Å². The van der Waals surface area contributed by atoms with Crippen molar-refractivity contribution in [3.05, 3.63) is 81.9 Å². The Morgan fingerprint density at radius 2 is 1.68 bits per heavy atom. The number of anilines is 1. The van der Waals surface area contributed by atoms with Gasteiger partial charge in [0.2, 0.25) is 17.7 Å². The topological polar surface area (TPSA) is 110 Å². The highest BCUT2D eigenvalue weighted by Gasteiger charge is 2.58. The summed E-state index contributed by atoms with van der Waals surface area (Å²) < 4.78 is 0. The summed E-state index contributed by atoms with van der Waals surface area (Å²) in [6, 6.07) is 12.4. The molecule has 1 aliphatic heterocycles. The molecule has 2 fully saturated rings. The first kappa shape index (κ1) is 22.0. The van der Waals surface area contributed by atoms with Crippen LogP contribution in [0.5, 0.6) is 0 Å². The van der Waals surface area contributed by atoms with E-state index < -0.39 is 28.7 Å². The molecule has 8 heteroatoms. The lowest BCUT2D eigenvalue weighted by Gasteiger charge is -2.38. The summed E-state index contributed by atoms with van der Waals surface area (Å²) in [6.07, 6.45) is 6.06. The number of likely N-dealkylation sites (tertiary alicyclic amines) is 1. The third-order valence-corrected chi connectivity index (χ3v) is 7.36. The first-order valence-electron chi connectivity index (χ1n) is 11.5. The molecule has 4 aliphatic rings. The predicted octanol–water partition coefficient (Wildman–Crippen LogP) is 3.65. The van der Waals surface area contributed by atoms with Gasteiger partial charge in [-0.25, -0.2) is 0 Å². The second kappa shape index (κ2) is 8.52. The average molecular weight is 460 g/mol. The summed E-state index contributed by atoms with van der Waals surface area (Å²) in [5.74, 6) is -1.76. The molecular formula is C26H25N3O5. The summed E-state index contributed by atoms with van der Waals surface area (Å²) in [6.45, 7) is 1.67. The van der Waals surface area contributed by atoms with Crippen LogP contribution in [0.25, 0.3) is 0 Å². The van der Waals surface area contributed by atoms with Gasteiger partial charge in [0.1, 0.15) is 6.04 Å². The number of carbonyl (C=O) groups excluding carboxylic acids is 3. The molecule has 1 N–H and O–H groups in total. The normalized spacial score (nSPS) is 25.9. The summed E-state index contributed by atoms with van der Waals surface area (Å²) in [7, 11) is 0. The maximum Gasteiger partial charge on any atom is 0.269 e. The van der Waals surface area contributed by atoms with Crippen molar-refractivity contribution in [1.29, 1.82) is 0 Å². The first-order valence-corrected chi connectivity index (χ1v) is 11.5. The number of imide groups is 1. The van der Waals surface area contributed by atoms with Crippen molar-refractivity contribution in [3.63, 3.8) is 0 Å². The molecule has 5 atom stereocenters. The van der Waals surface area contributed by atoms with Crippen LogP contribution >= 0.6 is 0 Å². The molecule has 0 radical (unpaired) electrons. The van der Waals surface area contributed by atoms with Gasteiger partial charge in [0.15, 0.2) is 0 Å². The number of nitrogens with one attached hydrogen (secondary N) is 1. The minimum absolute atomic E-state index is 0.0359. The summed E-state index contributed by atoms with van der Waals surface area (Å²) >= 11 is 0. The van der Waals surface area contributed by atoms with E-state index in [1.165, 1.54) is 23.1 Å². The van der Waals surface area contributed by atoms with Crippen LogP contribution in [0.4, 0.5) is 11.4 Å². The van der Waals surface area contributed by atoms with E-state index in [-0.39, 0.29) is 35.8 Å². The van der Waals surface area contributed by atoms with Crippen LogP contribution in [0, 0.1) is 40.7 Å². The zero-order valence-electron chi connectivity index (χ0n) is 18.7. The lowest BCUT2D eigenvalue weighted by Crippen LogP contribution is -2.49. The van der Waals surface area contributed by atoms with Crippen molar-refractivity contribution in [1.82, 2.24) is 4.90 Å². The van der Waals surface area contributed by atoms with Gasteiger partial charge in [0.25, 0.3) is 5.69 Å². The van der Waals surface area contributed by atoms with Gasteiger partial charge in [-0.15, -0.1) is 0 Å². The van der Waals surface area contributed by atoms with E-state index in [2.05, 4.69) is 17.5 Å². The van der Waals surface area contributed by atoms with Gasteiger partial charge in [-0.3, -0.25) is 29.4 Å². The molecule has 174 valence electrons. The number of aryl methyl sites for hydroxylation is 1. The Balaban J connectivity index is 1.47. The van der Waals surface area contributed by atoms with Crippen LogP contribution in [-0.2, 0) is 20.8 Å². The van der Waals surface area contributed by atoms with Gasteiger partial charge in [-0.05, 0) is 48.8 Å². The Morgan fingerprint density at radius 3 is 2.21 bits per heavy atom. The van der Waals surface area contributed by atoms with E-state index >= 15 is 0 Å². The average Bonchev–Trinajstić information content (AvgIpc) is 3.12. The Morgan fingerprint density at radius 1 is 1.06 bits per heavy atom. The van der Waals surface area contributed by atoms with E-state index in [4.69, 9.17) is 0 Å². The van der Waals surface area contributed by atoms with Crippen molar-refractivity contribution in [2.45, 2.75) is 32.2 Å². The maximum atomic E-state index is 13.5. The number of nitrogens with zero attached hydrogens (tertiary/aromatic N) is 2. The smallest absolute Gasteiger partial charge is 0.269 e. The molecule has 0 aromatic heterocycles. The molecule has 1 heterocycles. The van der Waals surface area contributed by atoms with E-state index in [0.29, 0.717) is 11.3 Å². The number of hydrogen-bond donors (Lipinski definition) is 1. The Kier molecular flexibility index (Phi) is 5.51. The fraction of sp³-hybridized carbons (Fsp3) is 0.346. The molecule has 3 aliphatic carbocycles. The van der Waals surface area contributed by atoms with E-state index in [1.54, 1.807) is 6.92 Å². The molecular weight excluding hydrogens is 434 g/mol. The highest BCUT2D eigenvalue weighted by atomic mass is 16.6. The molecule has 1 saturated heterocycles. The van der Waals surface area contributed by atoms with E-state index in [0.717, 1.165) is 18.4 Å². The standard InChI is InChI=1S/C26H25N3O5/c1-15-13-19(29(33)34)11-12-20(15)27-24(30)21(14-16-5-3-2-4-6-16)28-25(31)22-17-7-8-18(10-9-17)23(22)26(28)32/h2-8,11-13,17-18,21-23H,9-10,14H2,1H3,(H,27,30)/t17-,18-,21-,22-,23+/m0/s1. The molecule has 2 aromatic rings. The van der Waals surface area contributed by atoms with Crippen LogP contribution < -0.4 is 5.32 Å². The molecule has 0 spiro atoms. The predicted molar refractivity (Wildman–Crippen MR) is 125 cm³/mol. The minimum atomic E-state index is -1.01. The summed E-state index contributed by atoms with van der Waals surface area (Å²) in [5.41, 5.74) is 1.69. The Bertz CT molecular complexity index is 1180. The lowest BCUT2D eigenvalue weighted by atomic mass is 9.63. The van der Waals surface area contributed by atoms with Crippen molar-refractivity contribution >= 4 is 29.1 Å². The Labute approximate surface area is 196 Å². The van der Waals surface area contributed by atoms with Gasteiger partial charge in [0.05, 0.1) is 16.8 Å². The molecule has 6 rings (SSSR count). The van der Waals surface area contributed by atoms with Crippen molar-refractivity contribution in [3.8, 4) is 0 Å². The molecule has 0 unspecified atom stereocenters. The SMILES string of the molecule is Cc1cc([N+](=O)[O-])ccc1NC(=O)[C@H](Cc1ccccc1)N1C(=O)[C@@H]2[C@H](C1=O)[C@H]1C=C[C@H]2CC1. The second-order valence-corrected chi connectivity index (χ2v) is 9.34. The molecule has 2 bridgehead atoms. The van der Waals surface area contributed by atoms with Crippen molar-refractivity contribution in [2.24, 2.45) is 23.7 Å². The summed E-state index contributed by atoms with van der Waals surface area (Å²) in [5, 5.41) is 13.9. The third kappa shape index (κ3) is 3.69. The van der Waals surface area contributed by atoms with Gasteiger partial charge in [-0.2, -0.15) is 0 Å². The van der Waals surface area contributed by atoms with E-state index in [9.17, 15) is 24.5 Å². The second-order valence-electron chi connectivity index (χ2n) is 9.34. The molecule has 8 nitrogen and oxygen atoms in total. The molecule has 2 aromatic carbocycles. The van der Waals surface area contributed by atoms with E-state index in [1.807, 2.05) is 30.3 Å². The van der Waals surface area contributed by atoms with Gasteiger partial charge in [0, 0.05) is 24.2 Å². The molecule has 34 heavy (non-hydrogen) atoms. The fourth-order valence-electron chi connectivity index (χ4n) is 5.66. The lowest BCUT2D eigenvalue weighted by molar-refractivity contribution is -0.384. The number of rotatable bonds is 6. The third-order valence-electron chi connectivity index (χ3n) is 7.36. The van der Waals surface area contributed by atoms with Crippen LogP contribution in [0.3, 0.4) is 0 Å². The zero-order chi connectivity index (χ0) is 24.0. The van der Waals surface area contributed by atoms with Crippen molar-refractivity contribution < 1.29 is 19.3 Å².